The summed E-state index contributed by atoms with van der Waals surface area (Å²) in [6, 6.07) is 140. The van der Waals surface area contributed by atoms with Crippen LogP contribution in [0.15, 0.2) is 388 Å². The van der Waals surface area contributed by atoms with E-state index in [1.165, 1.54) is 243 Å². The second-order valence-electron chi connectivity index (χ2n) is 34.1. The van der Waals surface area contributed by atoms with E-state index in [1.54, 1.807) is 0 Å². The van der Waals surface area contributed by atoms with Gasteiger partial charge in [0.25, 0.3) is 0 Å². The molecule has 0 aromatic heterocycles. The van der Waals surface area contributed by atoms with Gasteiger partial charge in [0.1, 0.15) is 0 Å². The highest BCUT2D eigenvalue weighted by Gasteiger charge is 2.13. The maximum Gasteiger partial charge on any atom is -0.0149 e. The Morgan fingerprint density at radius 3 is 0.734 bits per heavy atom. The van der Waals surface area contributed by atoms with Crippen LogP contribution in [0, 0.1) is 96.9 Å². The van der Waals surface area contributed by atoms with E-state index in [0.717, 1.165) is 0 Å². The van der Waals surface area contributed by atoms with Gasteiger partial charge in [0.05, 0.1) is 0 Å². The molecule has 128 heavy (non-hydrogen) atoms. The van der Waals surface area contributed by atoms with E-state index < -0.39 is 0 Å². The average molecular weight is 1770 g/mol. The lowest BCUT2D eigenvalue weighted by Crippen LogP contribution is -1.95. The van der Waals surface area contributed by atoms with Gasteiger partial charge in [0, 0.05) is 0 Å². The van der Waals surface area contributed by atoms with Crippen LogP contribution in [0.25, 0.3) is 134 Å². The number of benzene rings is 18. The van der Waals surface area contributed by atoms with E-state index in [4.69, 9.17) is 0 Å². The molecular weight excluding hydrogens is 1650 g/mol. The van der Waals surface area contributed by atoms with E-state index in [2.05, 4.69) is 541 Å². The first-order valence-electron chi connectivity index (χ1n) is 43.8. The predicted octanol–water partition coefficient (Wildman–Crippen LogP) is 31.4. The SMILES string of the molecule is Cc1cc(-c2ccc(P)cc2)cc(-c2ccc(C)c(C)c2)c1.Cc1ccc(-c2cc(-c3ccc(P)cc3)ccc2C)cc1.Cc1ccc(-c2cc(C)cc(-c3ccc(P)cc3)c2)cc1.Cc1ccc(-c2ccc(C)c(-c3ccc(P)cc3)c2)cc1.Cc1ccc(-c2cccc(-c3ccc(P)c(C)c3)c2)c(C)c1.Cc1ccc(-c2cccc(-c3ccc(P)cc3C)c2)cc1. The summed E-state index contributed by atoms with van der Waals surface area (Å²) in [7, 11) is 16.5. The predicted molar refractivity (Wildman–Crippen MR) is 586 cm³/mol. The first-order valence-corrected chi connectivity index (χ1v) is 47.3. The summed E-state index contributed by atoms with van der Waals surface area (Å²) >= 11 is 0. The minimum Gasteiger partial charge on any atom is -0.106 e. The van der Waals surface area contributed by atoms with E-state index >= 15 is 0 Å². The topological polar surface area (TPSA) is 0 Å². The largest absolute Gasteiger partial charge is 0.106 e. The highest BCUT2D eigenvalue weighted by atomic mass is 31.0. The average Bonchev–Trinajstić information content (AvgIpc) is 0.826. The molecule has 0 N–H and O–H groups in total. The highest BCUT2D eigenvalue weighted by Crippen LogP contribution is 2.37. The molecule has 0 fully saturated rings. The summed E-state index contributed by atoms with van der Waals surface area (Å²) < 4.78 is 0. The van der Waals surface area contributed by atoms with Crippen molar-refractivity contribution in [3.05, 3.63) is 466 Å². The molecule has 0 aliphatic heterocycles. The maximum atomic E-state index is 2.79. The maximum absolute atomic E-state index is 2.79. The normalized spacial score (nSPS) is 10.7. The summed E-state index contributed by atoms with van der Waals surface area (Å²) in [4.78, 5) is 0. The zero-order valence-corrected chi connectivity index (χ0v) is 83.3. The summed E-state index contributed by atoms with van der Waals surface area (Å²) in [5, 5.41) is 7.34. The van der Waals surface area contributed by atoms with Crippen LogP contribution < -0.4 is 31.8 Å². The minimum atomic E-state index is 1.21. The third-order valence-electron chi connectivity index (χ3n) is 23.5. The van der Waals surface area contributed by atoms with Gasteiger partial charge in [-0.2, -0.15) is 0 Å². The Morgan fingerprint density at radius 1 is 0.117 bits per heavy atom. The molecule has 6 atom stereocenters. The second kappa shape index (κ2) is 44.5. The zero-order valence-electron chi connectivity index (χ0n) is 76.4. The fourth-order valence-corrected chi connectivity index (χ4v) is 17.1. The van der Waals surface area contributed by atoms with Crippen LogP contribution in [-0.2, 0) is 0 Å². The zero-order chi connectivity index (χ0) is 90.7. The van der Waals surface area contributed by atoms with Crippen molar-refractivity contribution in [1.29, 1.82) is 0 Å². The molecule has 18 aromatic carbocycles. The van der Waals surface area contributed by atoms with E-state index in [9.17, 15) is 0 Å². The van der Waals surface area contributed by atoms with Gasteiger partial charge in [-0.1, -0.05) is 380 Å². The number of aryl methyl sites for hydroxylation is 14. The van der Waals surface area contributed by atoms with Gasteiger partial charge >= 0.3 is 0 Å². The van der Waals surface area contributed by atoms with Crippen molar-refractivity contribution < 1.29 is 0 Å². The van der Waals surface area contributed by atoms with E-state index in [1.807, 2.05) is 0 Å². The van der Waals surface area contributed by atoms with Gasteiger partial charge in [0.2, 0.25) is 0 Å². The Morgan fingerprint density at radius 2 is 0.367 bits per heavy atom. The first kappa shape index (κ1) is 94.2. The van der Waals surface area contributed by atoms with Crippen molar-refractivity contribution >= 4 is 87.3 Å². The molecule has 0 saturated carbocycles. The number of hydrogen-bond acceptors (Lipinski definition) is 0. The van der Waals surface area contributed by atoms with Crippen LogP contribution >= 0.6 is 55.4 Å². The highest BCUT2D eigenvalue weighted by molar-refractivity contribution is 7.28. The standard InChI is InChI=1S/2C21H21P.4C20H19P/c1-14-10-19(17-6-8-21(22)9-7-17)13-20(11-14)18-5-4-15(2)16(3)12-18;1-14-7-9-20(15(2)11-14)19-6-4-5-17(13-19)18-8-10-21(22)16(3)12-18;1-14-3-6-17(7-4-14)20-13-18(8-5-15(20)2)16-9-11-19(21)12-10-16;1-14-3-6-16(7-4-14)18-8-5-15(2)20(13-18)17-9-11-19(21)12-10-17;1-14-3-5-16(6-4-14)18-11-15(2)12-19(13-18)17-7-9-20(21)10-8-17;1-14-6-8-16(9-7-14)17-4-3-5-18(13-17)20-11-10-19(21)12-15(20)2/h2*4-13H,22H2,1-3H3;4*3-13H,21H2,1-2H3. The van der Waals surface area contributed by atoms with Crippen molar-refractivity contribution in [2.75, 3.05) is 0 Å². The molecule has 6 heteroatoms. The molecular formula is C122H118P6. The summed E-state index contributed by atoms with van der Waals surface area (Å²) in [5.74, 6) is 0. The van der Waals surface area contributed by atoms with Crippen LogP contribution in [0.4, 0.5) is 0 Å². The molecule has 0 bridgehead atoms. The number of hydrogen-bond donors (Lipinski definition) is 0. The first-order chi connectivity index (χ1) is 61.6. The molecule has 6 unspecified atom stereocenters. The van der Waals surface area contributed by atoms with Crippen LogP contribution in [0.5, 0.6) is 0 Å². The Hall–Kier alpha value is -11.5. The smallest absolute Gasteiger partial charge is 0.0149 e. The van der Waals surface area contributed by atoms with Crippen molar-refractivity contribution in [2.24, 2.45) is 0 Å². The van der Waals surface area contributed by atoms with Crippen molar-refractivity contribution in [3.8, 4) is 134 Å². The van der Waals surface area contributed by atoms with E-state index in [-0.39, 0.29) is 0 Å². The summed E-state index contributed by atoms with van der Waals surface area (Å²) in [5.41, 5.74) is 49.0. The molecule has 18 aromatic rings. The van der Waals surface area contributed by atoms with Gasteiger partial charge < -0.3 is 0 Å². The van der Waals surface area contributed by atoms with Crippen molar-refractivity contribution in [2.45, 2.75) is 96.9 Å². The minimum absolute atomic E-state index is 1.21. The third-order valence-corrected chi connectivity index (χ3v) is 26.1. The fraction of sp³-hybridized carbons (Fsp3) is 0.115. The summed E-state index contributed by atoms with van der Waals surface area (Å²) in [6.07, 6.45) is 0. The summed E-state index contributed by atoms with van der Waals surface area (Å²) in [6.45, 7) is 30.1. The Kier molecular flexibility index (Phi) is 32.7. The lowest BCUT2D eigenvalue weighted by Gasteiger charge is -2.10. The van der Waals surface area contributed by atoms with Gasteiger partial charge in [-0.3, -0.25) is 0 Å². The lowest BCUT2D eigenvalue weighted by molar-refractivity contribution is 1.34. The van der Waals surface area contributed by atoms with E-state index in [0.29, 0.717) is 0 Å². The molecule has 636 valence electrons. The van der Waals surface area contributed by atoms with Crippen LogP contribution in [0.1, 0.15) is 77.9 Å². The molecule has 18 rings (SSSR count). The molecule has 0 radical (unpaired) electrons. The van der Waals surface area contributed by atoms with Crippen molar-refractivity contribution in [3.63, 3.8) is 0 Å². The lowest BCUT2D eigenvalue weighted by atomic mass is 9.95. The van der Waals surface area contributed by atoms with Gasteiger partial charge in [-0.05, 0) is 349 Å². The second-order valence-corrected chi connectivity index (χ2v) is 38.1. The molecule has 0 spiro atoms. The molecule has 0 aliphatic rings. The van der Waals surface area contributed by atoms with Gasteiger partial charge in [0.15, 0.2) is 0 Å². The quantitative estimate of drug-likeness (QED) is 0.107. The molecule has 0 heterocycles. The Bertz CT molecular complexity index is 6620. The van der Waals surface area contributed by atoms with Crippen LogP contribution in [0.2, 0.25) is 0 Å². The Balaban J connectivity index is 0.000000131. The van der Waals surface area contributed by atoms with Crippen LogP contribution in [-0.4, -0.2) is 0 Å². The third kappa shape index (κ3) is 25.9. The molecule has 0 nitrogen and oxygen atoms in total. The van der Waals surface area contributed by atoms with Crippen molar-refractivity contribution in [1.82, 2.24) is 0 Å². The Labute approximate surface area is 778 Å². The number of rotatable bonds is 12. The monoisotopic (exact) mass is 1770 g/mol. The van der Waals surface area contributed by atoms with Gasteiger partial charge in [-0.15, -0.1) is 55.4 Å². The van der Waals surface area contributed by atoms with Crippen LogP contribution in [0.3, 0.4) is 0 Å². The fourth-order valence-electron chi connectivity index (χ4n) is 15.8. The molecule has 0 amide bonds. The van der Waals surface area contributed by atoms with Gasteiger partial charge in [-0.25, -0.2) is 0 Å². The molecule has 0 aliphatic carbocycles. The molecule has 0 saturated heterocycles.